The highest BCUT2D eigenvalue weighted by molar-refractivity contribution is 7.98. The van der Waals surface area contributed by atoms with E-state index in [4.69, 9.17) is 14.7 Å². The summed E-state index contributed by atoms with van der Waals surface area (Å²) in [6.45, 7) is 2.05. The molecular formula is C14H13N3O2S. The van der Waals surface area contributed by atoms with E-state index in [1.807, 2.05) is 25.1 Å². The number of thioether (sulfide) groups is 1. The molecule has 20 heavy (non-hydrogen) atoms. The molecule has 2 aromatic heterocycles. The maximum atomic E-state index is 5.79. The van der Waals surface area contributed by atoms with Gasteiger partial charge in [0.05, 0.1) is 12.0 Å². The fraction of sp³-hybridized carbons (Fsp3) is 0.143. The first kappa shape index (κ1) is 12.8. The van der Waals surface area contributed by atoms with E-state index in [1.54, 1.807) is 30.2 Å². The van der Waals surface area contributed by atoms with Gasteiger partial charge in [0, 0.05) is 10.6 Å². The highest BCUT2D eigenvalue weighted by Gasteiger charge is 2.11. The highest BCUT2D eigenvalue weighted by atomic mass is 32.2. The standard InChI is InChI=1S/C14H13N3O2S/c1-9-4-5-10(15)7-12(9)20-8-13-16-14(17-19-13)11-3-2-6-18-11/h2-7H,8,15H2,1H3. The molecule has 0 radical (unpaired) electrons. The van der Waals surface area contributed by atoms with Crippen molar-refractivity contribution in [1.82, 2.24) is 10.1 Å². The van der Waals surface area contributed by atoms with Gasteiger partial charge < -0.3 is 14.7 Å². The van der Waals surface area contributed by atoms with Crippen LogP contribution in [0.25, 0.3) is 11.6 Å². The van der Waals surface area contributed by atoms with Crippen LogP contribution in [-0.4, -0.2) is 10.1 Å². The first-order valence-electron chi connectivity index (χ1n) is 6.08. The Morgan fingerprint density at radius 2 is 2.20 bits per heavy atom. The molecule has 2 heterocycles. The van der Waals surface area contributed by atoms with E-state index in [0.717, 1.165) is 10.6 Å². The second-order valence-electron chi connectivity index (χ2n) is 4.30. The van der Waals surface area contributed by atoms with E-state index in [1.165, 1.54) is 5.56 Å². The summed E-state index contributed by atoms with van der Waals surface area (Å²) in [5, 5.41) is 3.89. The number of aryl methyl sites for hydroxylation is 1. The first-order chi connectivity index (χ1) is 9.72. The Hall–Kier alpha value is -2.21. The number of hydrogen-bond acceptors (Lipinski definition) is 6. The van der Waals surface area contributed by atoms with Gasteiger partial charge in [0.25, 0.3) is 0 Å². The molecule has 2 N–H and O–H groups in total. The number of nitrogen functional groups attached to an aromatic ring is 1. The lowest BCUT2D eigenvalue weighted by molar-refractivity contribution is 0.390. The van der Waals surface area contributed by atoms with Crippen LogP contribution in [0.4, 0.5) is 5.69 Å². The average molecular weight is 287 g/mol. The number of furan rings is 1. The molecule has 0 aliphatic heterocycles. The molecule has 0 atom stereocenters. The molecule has 102 valence electrons. The predicted octanol–water partition coefficient (Wildman–Crippen LogP) is 3.51. The highest BCUT2D eigenvalue weighted by Crippen LogP contribution is 2.28. The largest absolute Gasteiger partial charge is 0.461 e. The zero-order valence-corrected chi connectivity index (χ0v) is 11.7. The van der Waals surface area contributed by atoms with E-state index in [0.29, 0.717) is 23.2 Å². The third-order valence-corrected chi connectivity index (χ3v) is 3.92. The summed E-state index contributed by atoms with van der Waals surface area (Å²) in [6.07, 6.45) is 1.58. The lowest BCUT2D eigenvalue weighted by atomic mass is 10.2. The monoisotopic (exact) mass is 287 g/mol. The Bertz CT molecular complexity index is 707. The molecule has 0 unspecified atom stereocenters. The molecule has 3 aromatic rings. The van der Waals surface area contributed by atoms with Gasteiger partial charge in [0.2, 0.25) is 11.7 Å². The molecule has 0 aliphatic carbocycles. The molecule has 5 nitrogen and oxygen atoms in total. The number of hydrogen-bond donors (Lipinski definition) is 1. The lowest BCUT2D eigenvalue weighted by Crippen LogP contribution is -1.88. The predicted molar refractivity (Wildman–Crippen MR) is 77.2 cm³/mol. The minimum Gasteiger partial charge on any atom is -0.461 e. The van der Waals surface area contributed by atoms with Crippen molar-refractivity contribution in [2.24, 2.45) is 0 Å². The van der Waals surface area contributed by atoms with Gasteiger partial charge in [-0.05, 0) is 36.8 Å². The Labute approximate surface area is 120 Å². The Kier molecular flexibility index (Phi) is 3.47. The third-order valence-electron chi connectivity index (χ3n) is 2.77. The van der Waals surface area contributed by atoms with Crippen molar-refractivity contribution in [1.29, 1.82) is 0 Å². The van der Waals surface area contributed by atoms with Gasteiger partial charge in [-0.15, -0.1) is 11.8 Å². The number of anilines is 1. The molecule has 0 amide bonds. The zero-order valence-electron chi connectivity index (χ0n) is 10.9. The van der Waals surface area contributed by atoms with Crippen molar-refractivity contribution >= 4 is 17.4 Å². The molecule has 0 spiro atoms. The summed E-state index contributed by atoms with van der Waals surface area (Å²) in [6, 6.07) is 9.42. The van der Waals surface area contributed by atoms with Crippen LogP contribution < -0.4 is 5.73 Å². The number of benzene rings is 1. The summed E-state index contributed by atoms with van der Waals surface area (Å²) >= 11 is 1.62. The van der Waals surface area contributed by atoms with Crippen LogP contribution in [0.3, 0.4) is 0 Å². The van der Waals surface area contributed by atoms with Crippen molar-refractivity contribution in [3.05, 3.63) is 48.0 Å². The Morgan fingerprint density at radius 1 is 1.30 bits per heavy atom. The summed E-state index contributed by atoms with van der Waals surface area (Å²) in [7, 11) is 0. The summed E-state index contributed by atoms with van der Waals surface area (Å²) in [5.74, 6) is 2.22. The van der Waals surface area contributed by atoms with Crippen LogP contribution in [0.5, 0.6) is 0 Å². The van der Waals surface area contributed by atoms with Crippen molar-refractivity contribution in [2.45, 2.75) is 17.6 Å². The fourth-order valence-electron chi connectivity index (χ4n) is 1.73. The molecule has 0 saturated carbocycles. The van der Waals surface area contributed by atoms with Crippen LogP contribution >= 0.6 is 11.8 Å². The number of nitrogens with two attached hydrogens (primary N) is 1. The van der Waals surface area contributed by atoms with Crippen LogP contribution in [-0.2, 0) is 5.75 Å². The topological polar surface area (TPSA) is 78.1 Å². The van der Waals surface area contributed by atoms with Gasteiger partial charge in [-0.1, -0.05) is 11.2 Å². The van der Waals surface area contributed by atoms with E-state index < -0.39 is 0 Å². The number of nitrogens with zero attached hydrogens (tertiary/aromatic N) is 2. The van der Waals surface area contributed by atoms with Gasteiger partial charge in [0.15, 0.2) is 5.76 Å². The second-order valence-corrected chi connectivity index (χ2v) is 5.32. The molecule has 1 aromatic carbocycles. The van der Waals surface area contributed by atoms with E-state index >= 15 is 0 Å². The van der Waals surface area contributed by atoms with Gasteiger partial charge in [-0.2, -0.15) is 4.98 Å². The molecule has 0 bridgehead atoms. The van der Waals surface area contributed by atoms with E-state index in [-0.39, 0.29) is 0 Å². The minimum atomic E-state index is 0.467. The lowest BCUT2D eigenvalue weighted by Gasteiger charge is -2.04. The molecule has 3 rings (SSSR count). The van der Waals surface area contributed by atoms with Crippen LogP contribution in [0.15, 0.2) is 50.4 Å². The zero-order chi connectivity index (χ0) is 13.9. The summed E-state index contributed by atoms with van der Waals surface area (Å²) in [5.41, 5.74) is 7.71. The molecule has 6 heteroatoms. The van der Waals surface area contributed by atoms with Gasteiger partial charge in [-0.25, -0.2) is 0 Å². The SMILES string of the molecule is Cc1ccc(N)cc1SCc1nc(-c2ccco2)no1. The van der Waals surface area contributed by atoms with Crippen molar-refractivity contribution in [2.75, 3.05) is 5.73 Å². The Balaban J connectivity index is 1.71. The first-order valence-corrected chi connectivity index (χ1v) is 7.06. The quantitative estimate of drug-likeness (QED) is 0.584. The molecule has 0 fully saturated rings. The normalized spacial score (nSPS) is 10.8. The summed E-state index contributed by atoms with van der Waals surface area (Å²) < 4.78 is 10.4. The van der Waals surface area contributed by atoms with Crippen molar-refractivity contribution < 1.29 is 8.94 Å². The third kappa shape index (κ3) is 2.70. The minimum absolute atomic E-state index is 0.467. The van der Waals surface area contributed by atoms with Gasteiger partial charge in [-0.3, -0.25) is 0 Å². The van der Waals surface area contributed by atoms with Crippen LogP contribution in [0, 0.1) is 6.92 Å². The second kappa shape index (κ2) is 5.42. The van der Waals surface area contributed by atoms with E-state index in [9.17, 15) is 0 Å². The number of aromatic nitrogens is 2. The molecule has 0 saturated heterocycles. The van der Waals surface area contributed by atoms with E-state index in [2.05, 4.69) is 10.1 Å². The summed E-state index contributed by atoms with van der Waals surface area (Å²) in [4.78, 5) is 5.41. The Morgan fingerprint density at radius 3 is 3.00 bits per heavy atom. The van der Waals surface area contributed by atoms with Crippen LogP contribution in [0.1, 0.15) is 11.5 Å². The fourth-order valence-corrected chi connectivity index (χ4v) is 2.64. The maximum absolute atomic E-state index is 5.79. The number of rotatable bonds is 4. The van der Waals surface area contributed by atoms with Gasteiger partial charge >= 0.3 is 0 Å². The van der Waals surface area contributed by atoms with Crippen molar-refractivity contribution in [3.63, 3.8) is 0 Å². The molecular weight excluding hydrogens is 274 g/mol. The smallest absolute Gasteiger partial charge is 0.238 e. The maximum Gasteiger partial charge on any atom is 0.238 e. The molecule has 0 aliphatic rings. The van der Waals surface area contributed by atoms with Crippen LogP contribution in [0.2, 0.25) is 0 Å². The van der Waals surface area contributed by atoms with Crippen molar-refractivity contribution in [3.8, 4) is 11.6 Å². The van der Waals surface area contributed by atoms with Gasteiger partial charge in [0.1, 0.15) is 0 Å². The average Bonchev–Trinajstić information content (AvgIpc) is 3.09.